The molecule has 1 fully saturated rings. The summed E-state index contributed by atoms with van der Waals surface area (Å²) in [5.41, 5.74) is -3.49. The zero-order valence-electron chi connectivity index (χ0n) is 15.0. The molecule has 0 bridgehead atoms. The molecule has 0 aromatic heterocycles. The zero-order valence-corrected chi connectivity index (χ0v) is 15.0. The number of carbonyl (C=O) groups is 1. The fourth-order valence-corrected chi connectivity index (χ4v) is 2.91. The Kier molecular flexibility index (Phi) is 6.31. The van der Waals surface area contributed by atoms with Gasteiger partial charge in [-0.15, -0.1) is 0 Å². The Morgan fingerprint density at radius 3 is 2.46 bits per heavy atom. The van der Waals surface area contributed by atoms with E-state index in [-0.39, 0.29) is 24.7 Å². The van der Waals surface area contributed by atoms with Crippen LogP contribution in [0.5, 0.6) is 0 Å². The Bertz CT molecular complexity index is 603. The molecule has 0 unspecified atom stereocenters. The molecule has 1 aliphatic rings. The van der Waals surface area contributed by atoms with E-state index in [1.165, 1.54) is 24.3 Å². The lowest BCUT2D eigenvalue weighted by Crippen LogP contribution is -2.52. The van der Waals surface area contributed by atoms with E-state index in [1.54, 1.807) is 19.9 Å². The van der Waals surface area contributed by atoms with Gasteiger partial charge in [0.2, 0.25) is 0 Å². The number of carbonyl (C=O) groups excluding carboxylic acids is 1. The lowest BCUT2D eigenvalue weighted by atomic mass is 9.93. The lowest BCUT2D eigenvalue weighted by molar-refractivity contribution is -0.280. The summed E-state index contributed by atoms with van der Waals surface area (Å²) < 4.78 is 61.9. The number of ether oxygens (including phenoxy) is 4. The van der Waals surface area contributed by atoms with E-state index < -0.39 is 23.5 Å². The number of methoxy groups -OCH3 is 1. The van der Waals surface area contributed by atoms with Crippen LogP contribution in [0.25, 0.3) is 0 Å². The van der Waals surface area contributed by atoms with Crippen molar-refractivity contribution in [1.29, 1.82) is 0 Å². The number of halogens is 3. The predicted molar refractivity (Wildman–Crippen MR) is 86.3 cm³/mol. The van der Waals surface area contributed by atoms with Gasteiger partial charge in [0.1, 0.15) is 0 Å². The molecule has 1 aromatic rings. The van der Waals surface area contributed by atoms with Gasteiger partial charge >= 0.3 is 12.1 Å². The molecule has 26 heavy (non-hydrogen) atoms. The van der Waals surface area contributed by atoms with E-state index in [9.17, 15) is 18.0 Å². The van der Waals surface area contributed by atoms with Crippen LogP contribution in [0.4, 0.5) is 13.2 Å². The Morgan fingerprint density at radius 2 is 1.92 bits per heavy atom. The Hall–Kier alpha value is -1.64. The number of benzene rings is 1. The minimum Gasteiger partial charge on any atom is -0.463 e. The summed E-state index contributed by atoms with van der Waals surface area (Å²) in [7, 11) is 0.839. The van der Waals surface area contributed by atoms with Gasteiger partial charge in [0.05, 0.1) is 19.3 Å². The Balaban J connectivity index is 2.08. The quantitative estimate of drug-likeness (QED) is 0.711. The van der Waals surface area contributed by atoms with E-state index in [2.05, 4.69) is 4.74 Å². The number of esters is 1. The molecule has 1 heterocycles. The van der Waals surface area contributed by atoms with Crippen LogP contribution >= 0.6 is 0 Å². The molecule has 146 valence electrons. The van der Waals surface area contributed by atoms with Crippen LogP contribution in [0.15, 0.2) is 30.3 Å². The number of hydrogen-bond acceptors (Lipinski definition) is 5. The van der Waals surface area contributed by atoms with Gasteiger partial charge in [0, 0.05) is 19.1 Å². The van der Waals surface area contributed by atoms with E-state index in [0.29, 0.717) is 13.0 Å². The van der Waals surface area contributed by atoms with Crippen LogP contribution in [0.3, 0.4) is 0 Å². The summed E-state index contributed by atoms with van der Waals surface area (Å²) >= 11 is 0. The van der Waals surface area contributed by atoms with Crippen LogP contribution in [0, 0.1) is 0 Å². The van der Waals surface area contributed by atoms with E-state index in [4.69, 9.17) is 14.2 Å². The molecule has 5 nitrogen and oxygen atoms in total. The minimum absolute atomic E-state index is 0.215. The topological polar surface area (TPSA) is 54.0 Å². The fraction of sp³-hybridized carbons (Fsp3) is 0.611. The molecule has 1 aliphatic heterocycles. The SMILES string of the molecule is CO[C@@](C(=O)OCC[C@@H]1CCOC(C)(C)O1)(c1ccccc1)C(F)(F)F. The monoisotopic (exact) mass is 376 g/mol. The summed E-state index contributed by atoms with van der Waals surface area (Å²) in [6.45, 7) is 3.76. The van der Waals surface area contributed by atoms with Crippen LogP contribution < -0.4 is 0 Å². The van der Waals surface area contributed by atoms with Crippen molar-refractivity contribution in [2.45, 2.75) is 50.4 Å². The van der Waals surface area contributed by atoms with Gasteiger partial charge in [-0.25, -0.2) is 4.79 Å². The molecule has 1 saturated heterocycles. The highest BCUT2D eigenvalue weighted by molar-refractivity contribution is 5.82. The first-order valence-corrected chi connectivity index (χ1v) is 8.29. The summed E-state index contributed by atoms with van der Waals surface area (Å²) in [6.07, 6.45) is -4.39. The van der Waals surface area contributed by atoms with Crippen molar-refractivity contribution < 1.29 is 36.9 Å². The Morgan fingerprint density at radius 1 is 1.27 bits per heavy atom. The molecule has 0 saturated carbocycles. The minimum atomic E-state index is -4.97. The average molecular weight is 376 g/mol. The third kappa shape index (κ3) is 4.36. The maximum absolute atomic E-state index is 13.7. The molecule has 0 spiro atoms. The van der Waals surface area contributed by atoms with E-state index >= 15 is 0 Å². The standard InChI is InChI=1S/C18H23F3O5/c1-16(2)25-12-10-14(26-16)9-11-24-15(22)17(23-3,18(19,20)21)13-7-5-4-6-8-13/h4-8,14H,9-12H2,1-3H3/t14-,17-/m1/s1. The highest BCUT2D eigenvalue weighted by Gasteiger charge is 2.64. The predicted octanol–water partition coefficient (Wildman–Crippen LogP) is 3.57. The maximum Gasteiger partial charge on any atom is 0.432 e. The van der Waals surface area contributed by atoms with Crippen molar-refractivity contribution in [3.8, 4) is 0 Å². The molecular weight excluding hydrogens is 353 g/mol. The molecular formula is C18H23F3O5. The molecule has 1 aromatic carbocycles. The van der Waals surface area contributed by atoms with Gasteiger partial charge < -0.3 is 18.9 Å². The number of alkyl halides is 3. The second-order valence-electron chi connectivity index (χ2n) is 6.45. The van der Waals surface area contributed by atoms with Gasteiger partial charge in [0.15, 0.2) is 5.79 Å². The first-order chi connectivity index (χ1) is 12.1. The third-order valence-electron chi connectivity index (χ3n) is 4.19. The first kappa shape index (κ1) is 20.7. The summed E-state index contributed by atoms with van der Waals surface area (Å²) in [4.78, 5) is 12.4. The number of rotatable bonds is 6. The molecule has 8 heteroatoms. The van der Waals surface area contributed by atoms with Crippen molar-refractivity contribution in [3.63, 3.8) is 0 Å². The average Bonchev–Trinajstić information content (AvgIpc) is 2.55. The van der Waals surface area contributed by atoms with Gasteiger partial charge in [-0.05, 0) is 20.3 Å². The molecule has 2 atom stereocenters. The normalized spacial score (nSPS) is 22.5. The van der Waals surface area contributed by atoms with Crippen molar-refractivity contribution in [2.24, 2.45) is 0 Å². The van der Waals surface area contributed by atoms with Crippen LogP contribution in [0.1, 0.15) is 32.3 Å². The second-order valence-corrected chi connectivity index (χ2v) is 6.45. The van der Waals surface area contributed by atoms with Crippen LogP contribution in [-0.2, 0) is 29.3 Å². The molecule has 0 aliphatic carbocycles. The van der Waals surface area contributed by atoms with Gasteiger partial charge in [-0.3, -0.25) is 0 Å². The maximum atomic E-state index is 13.7. The third-order valence-corrected chi connectivity index (χ3v) is 4.19. The van der Waals surface area contributed by atoms with Gasteiger partial charge in [-0.2, -0.15) is 13.2 Å². The summed E-state index contributed by atoms with van der Waals surface area (Å²) in [5.74, 6) is -2.26. The van der Waals surface area contributed by atoms with E-state index in [1.807, 2.05) is 0 Å². The van der Waals surface area contributed by atoms with Crippen molar-refractivity contribution in [2.75, 3.05) is 20.3 Å². The largest absolute Gasteiger partial charge is 0.463 e. The van der Waals surface area contributed by atoms with Crippen LogP contribution in [0.2, 0.25) is 0 Å². The van der Waals surface area contributed by atoms with Gasteiger partial charge in [-0.1, -0.05) is 30.3 Å². The highest BCUT2D eigenvalue weighted by atomic mass is 19.4. The molecule has 0 amide bonds. The highest BCUT2D eigenvalue weighted by Crippen LogP contribution is 2.43. The van der Waals surface area contributed by atoms with Crippen molar-refractivity contribution in [1.82, 2.24) is 0 Å². The summed E-state index contributed by atoms with van der Waals surface area (Å²) in [6, 6.07) is 6.72. The number of hydrogen-bond donors (Lipinski definition) is 0. The lowest BCUT2D eigenvalue weighted by Gasteiger charge is -2.36. The first-order valence-electron chi connectivity index (χ1n) is 8.29. The van der Waals surface area contributed by atoms with Crippen LogP contribution in [-0.4, -0.2) is 44.4 Å². The summed E-state index contributed by atoms with van der Waals surface area (Å²) in [5, 5.41) is 0. The van der Waals surface area contributed by atoms with Gasteiger partial charge in [0.25, 0.3) is 5.60 Å². The van der Waals surface area contributed by atoms with Crippen molar-refractivity contribution in [3.05, 3.63) is 35.9 Å². The molecule has 0 radical (unpaired) electrons. The second kappa shape index (κ2) is 7.94. The van der Waals surface area contributed by atoms with E-state index in [0.717, 1.165) is 7.11 Å². The molecule has 2 rings (SSSR count). The van der Waals surface area contributed by atoms with Crippen molar-refractivity contribution >= 4 is 5.97 Å². The molecule has 0 N–H and O–H groups in total. The zero-order chi connectivity index (χ0) is 19.4. The Labute approximate surface area is 150 Å². The fourth-order valence-electron chi connectivity index (χ4n) is 2.91. The smallest absolute Gasteiger partial charge is 0.432 e.